The fraction of sp³-hybridized carbons (Fsp3) is 0.154. The van der Waals surface area contributed by atoms with E-state index in [0.717, 1.165) is 31.1 Å². The summed E-state index contributed by atoms with van der Waals surface area (Å²) < 4.78 is 34.1. The smallest absolute Gasteiger partial charge is 0.430 e. The number of rotatable bonds is 3. The summed E-state index contributed by atoms with van der Waals surface area (Å²) in [5, 5.41) is 1.03. The maximum Gasteiger partial charge on any atom is 0.430 e. The lowest BCUT2D eigenvalue weighted by Crippen LogP contribution is -2.21. The van der Waals surface area contributed by atoms with Gasteiger partial charge in [-0.1, -0.05) is 83.7 Å². The third-order valence-electron chi connectivity index (χ3n) is 5.45. The molecule has 0 spiro atoms. The normalized spacial score (nSPS) is 17.2. The number of carbonyl (C=O) groups is 1. The number of nitrogens with zero attached hydrogens (tertiary/aromatic N) is 2. The number of hydrogen-bond acceptors (Lipinski definition) is 8. The molecule has 0 atom stereocenters. The van der Waals surface area contributed by atoms with Crippen molar-refractivity contribution in [3.8, 4) is 0 Å². The molecule has 0 aromatic heterocycles. The Morgan fingerprint density at radius 3 is 2.19 bits per heavy atom. The highest BCUT2D eigenvalue weighted by Gasteiger charge is 2.42. The van der Waals surface area contributed by atoms with Crippen LogP contribution in [0.4, 0.5) is 5.69 Å². The Hall–Kier alpha value is -2.50. The van der Waals surface area contributed by atoms with Crippen molar-refractivity contribution in [1.29, 1.82) is 0 Å². The van der Waals surface area contributed by atoms with Crippen LogP contribution < -0.4 is 4.90 Å². The maximum absolute atomic E-state index is 13.1. The van der Waals surface area contributed by atoms with E-state index in [-0.39, 0.29) is 10.8 Å². The number of thioether (sulfide) groups is 3. The van der Waals surface area contributed by atoms with Crippen molar-refractivity contribution >= 4 is 61.4 Å². The molecule has 5 rings (SSSR count). The van der Waals surface area contributed by atoms with Crippen LogP contribution in [0.5, 0.6) is 0 Å². The highest BCUT2D eigenvalue weighted by atomic mass is 32.2. The third kappa shape index (κ3) is 5.90. The van der Waals surface area contributed by atoms with Crippen molar-refractivity contribution in [2.45, 2.75) is 23.3 Å². The van der Waals surface area contributed by atoms with Crippen LogP contribution in [0.15, 0.2) is 98.6 Å². The van der Waals surface area contributed by atoms with Crippen molar-refractivity contribution < 1.29 is 22.3 Å². The predicted octanol–water partition coefficient (Wildman–Crippen LogP) is 5.50. The number of aryl methyl sites for hydroxylation is 1. The molecular formula is C26H24N2O4S4. The fourth-order valence-electron chi connectivity index (χ4n) is 3.59. The molecule has 2 aliphatic rings. The number of carbonyl (C=O) groups excluding carboxylic acids is 1. The second kappa shape index (κ2) is 11.3. The van der Waals surface area contributed by atoms with Gasteiger partial charge in [-0.05, 0) is 37.4 Å². The van der Waals surface area contributed by atoms with Crippen molar-refractivity contribution in [3.63, 3.8) is 0 Å². The maximum atomic E-state index is 13.1. The number of amides is 1. The Morgan fingerprint density at radius 1 is 0.944 bits per heavy atom. The number of hydrogen-bond donors (Lipinski definition) is 0. The molecule has 0 saturated heterocycles. The summed E-state index contributed by atoms with van der Waals surface area (Å²) in [6.45, 7) is 2.43. The Kier molecular flexibility index (Phi) is 8.31. The molecule has 10 heteroatoms. The van der Waals surface area contributed by atoms with Crippen LogP contribution in [0.25, 0.3) is 0 Å². The van der Waals surface area contributed by atoms with E-state index in [1.54, 1.807) is 47.4 Å². The summed E-state index contributed by atoms with van der Waals surface area (Å²) in [6.07, 6.45) is 2.03. The average molecular weight is 557 g/mol. The SMILES string of the molecule is CSC1=[N+](Cc2ccccc2)C(=O)/C(=C2\Sc3ccccc3N2C)S1.Cc1ccc(S(=O)(=O)[O-])cc1. The van der Waals surface area contributed by atoms with E-state index in [9.17, 15) is 17.8 Å². The van der Waals surface area contributed by atoms with Gasteiger partial charge < -0.3 is 9.45 Å². The minimum absolute atomic E-state index is 0.0976. The van der Waals surface area contributed by atoms with Crippen LogP contribution in [0.1, 0.15) is 11.1 Å². The first-order valence-corrected chi connectivity index (χ1v) is 15.2. The lowest BCUT2D eigenvalue weighted by atomic mass is 10.2. The van der Waals surface area contributed by atoms with Crippen LogP contribution in [0, 0.1) is 6.92 Å². The molecule has 3 aromatic rings. The summed E-state index contributed by atoms with van der Waals surface area (Å²) in [4.78, 5) is 17.1. The highest BCUT2D eigenvalue weighted by molar-refractivity contribution is 8.40. The molecule has 0 unspecified atom stereocenters. The van der Waals surface area contributed by atoms with Crippen molar-refractivity contribution in [2.24, 2.45) is 0 Å². The molecule has 0 bridgehead atoms. The average Bonchev–Trinajstić information content (AvgIpc) is 3.36. The summed E-state index contributed by atoms with van der Waals surface area (Å²) >= 11 is 4.91. The molecular weight excluding hydrogens is 533 g/mol. The molecule has 0 radical (unpaired) electrons. The van der Waals surface area contributed by atoms with Gasteiger partial charge in [0.1, 0.15) is 15.1 Å². The lowest BCUT2D eigenvalue weighted by molar-refractivity contribution is -0.453. The first-order valence-electron chi connectivity index (χ1n) is 10.9. The molecule has 2 aliphatic heterocycles. The first kappa shape index (κ1) is 26.6. The topological polar surface area (TPSA) is 80.5 Å². The van der Waals surface area contributed by atoms with E-state index < -0.39 is 10.1 Å². The monoisotopic (exact) mass is 556 g/mol. The van der Waals surface area contributed by atoms with E-state index in [1.165, 1.54) is 17.0 Å². The van der Waals surface area contributed by atoms with Gasteiger partial charge in [0.25, 0.3) is 4.38 Å². The molecule has 0 N–H and O–H groups in total. The van der Waals surface area contributed by atoms with Gasteiger partial charge in [-0.25, -0.2) is 13.2 Å². The van der Waals surface area contributed by atoms with Crippen molar-refractivity contribution in [3.05, 3.63) is 99.9 Å². The Morgan fingerprint density at radius 2 is 1.58 bits per heavy atom. The zero-order chi connectivity index (χ0) is 25.9. The van der Waals surface area contributed by atoms with Gasteiger partial charge in [0.05, 0.1) is 10.6 Å². The summed E-state index contributed by atoms with van der Waals surface area (Å²) in [5.74, 6) is 0.0976. The number of fused-ring (bicyclic) bond motifs is 1. The lowest BCUT2D eigenvalue weighted by Gasteiger charge is -2.13. The minimum atomic E-state index is -4.27. The first-order chi connectivity index (χ1) is 17.2. The van der Waals surface area contributed by atoms with Crippen LogP contribution in [0.2, 0.25) is 0 Å². The molecule has 6 nitrogen and oxygen atoms in total. The Bertz CT molecular complexity index is 1450. The molecule has 1 amide bonds. The van der Waals surface area contributed by atoms with Gasteiger partial charge in [0.15, 0.2) is 11.4 Å². The van der Waals surface area contributed by atoms with E-state index in [1.807, 2.05) is 55.1 Å². The summed E-state index contributed by atoms with van der Waals surface area (Å²) in [5.41, 5.74) is 3.23. The third-order valence-corrected chi connectivity index (χ3v) is 9.95. The molecule has 2 heterocycles. The van der Waals surface area contributed by atoms with Crippen molar-refractivity contribution in [2.75, 3.05) is 18.2 Å². The molecule has 0 saturated carbocycles. The predicted molar refractivity (Wildman–Crippen MR) is 148 cm³/mol. The van der Waals surface area contributed by atoms with Crippen LogP contribution in [-0.4, -0.2) is 41.1 Å². The second-order valence-electron chi connectivity index (χ2n) is 7.98. The zero-order valence-electron chi connectivity index (χ0n) is 19.9. The fourth-order valence-corrected chi connectivity index (χ4v) is 7.19. The van der Waals surface area contributed by atoms with E-state index in [2.05, 4.69) is 29.2 Å². The molecule has 0 aliphatic carbocycles. The highest BCUT2D eigenvalue weighted by Crippen LogP contribution is 2.49. The summed E-state index contributed by atoms with van der Waals surface area (Å²) in [7, 11) is -2.23. The van der Waals surface area contributed by atoms with E-state index in [4.69, 9.17) is 0 Å². The largest absolute Gasteiger partial charge is 0.744 e. The van der Waals surface area contributed by atoms with Gasteiger partial charge in [-0.15, -0.1) is 4.58 Å². The quantitative estimate of drug-likeness (QED) is 0.238. The summed E-state index contributed by atoms with van der Waals surface area (Å²) in [6, 6.07) is 24.2. The molecule has 0 fully saturated rings. The van der Waals surface area contributed by atoms with Crippen LogP contribution in [-0.2, 0) is 21.5 Å². The number of anilines is 1. The number of para-hydroxylation sites is 1. The minimum Gasteiger partial charge on any atom is -0.744 e. The van der Waals surface area contributed by atoms with E-state index >= 15 is 0 Å². The van der Waals surface area contributed by atoms with Gasteiger partial charge in [0.2, 0.25) is 0 Å². The Labute approximate surface area is 224 Å². The van der Waals surface area contributed by atoms with Crippen LogP contribution in [0.3, 0.4) is 0 Å². The van der Waals surface area contributed by atoms with Gasteiger partial charge in [0, 0.05) is 29.3 Å². The standard InChI is InChI=1S/C19H17N2OS3.C7H8O3S/c1-20-14-10-6-7-11-15(14)24-18(20)16-17(22)21(19(23-2)25-16)12-13-8-4-3-5-9-13;1-6-2-4-7(5-3-6)11(8,9)10/h3-11H,12H2,1-2H3;2-5H,1H3,(H,8,9,10)/q+1;/p-1/b18-16+;. The molecule has 3 aromatic carbocycles. The van der Waals surface area contributed by atoms with Gasteiger partial charge in [-0.3, -0.25) is 0 Å². The zero-order valence-corrected chi connectivity index (χ0v) is 23.1. The molecule has 36 heavy (non-hydrogen) atoms. The van der Waals surface area contributed by atoms with E-state index in [0.29, 0.717) is 6.54 Å². The Balaban J connectivity index is 0.000000233. The number of benzene rings is 3. The second-order valence-corrected chi connectivity index (χ2v) is 12.4. The van der Waals surface area contributed by atoms with Gasteiger partial charge >= 0.3 is 5.91 Å². The van der Waals surface area contributed by atoms with Crippen LogP contribution >= 0.6 is 35.3 Å². The van der Waals surface area contributed by atoms with Crippen molar-refractivity contribution in [1.82, 2.24) is 0 Å². The van der Waals surface area contributed by atoms with Gasteiger partial charge in [-0.2, -0.15) is 0 Å². The molecule has 186 valence electrons.